The molecule has 1 aromatic rings. The van der Waals surface area contributed by atoms with E-state index < -0.39 is 0 Å². The highest BCUT2D eigenvalue weighted by molar-refractivity contribution is 5.85. The van der Waals surface area contributed by atoms with Crippen molar-refractivity contribution in [3.8, 4) is 11.5 Å². The van der Waals surface area contributed by atoms with E-state index in [2.05, 4.69) is 17.1 Å². The van der Waals surface area contributed by atoms with Crippen molar-refractivity contribution >= 4 is 24.8 Å². The van der Waals surface area contributed by atoms with Crippen LogP contribution in [0.25, 0.3) is 0 Å². The molecule has 4 nitrogen and oxygen atoms in total. The molecule has 2 rings (SSSR count). The molecule has 0 aliphatic carbocycles. The molecule has 21 heavy (non-hydrogen) atoms. The smallest absolute Gasteiger partial charge is 0.161 e. The molecule has 0 radical (unpaired) electrons. The number of hydrogen-bond acceptors (Lipinski definition) is 4. The Kier molecular flexibility index (Phi) is 9.79. The molecule has 1 heterocycles. The minimum Gasteiger partial charge on any atom is -0.504 e. The number of benzene rings is 1. The first-order chi connectivity index (χ1) is 9.26. The van der Waals surface area contributed by atoms with Crippen LogP contribution in [0.4, 0.5) is 0 Å². The molecular formula is C15H26Cl2N2O2. The van der Waals surface area contributed by atoms with E-state index in [4.69, 9.17) is 4.74 Å². The maximum atomic E-state index is 9.78. The topological polar surface area (TPSA) is 44.7 Å². The Balaban J connectivity index is 0.00000200. The van der Waals surface area contributed by atoms with Gasteiger partial charge in [0.25, 0.3) is 0 Å². The van der Waals surface area contributed by atoms with Gasteiger partial charge in [0, 0.05) is 32.2 Å². The molecule has 0 bridgehead atoms. The summed E-state index contributed by atoms with van der Waals surface area (Å²) in [6.45, 7) is 8.95. The van der Waals surface area contributed by atoms with Gasteiger partial charge in [-0.15, -0.1) is 24.8 Å². The number of piperazine rings is 1. The van der Waals surface area contributed by atoms with Crippen molar-refractivity contribution in [2.75, 3.05) is 32.8 Å². The maximum Gasteiger partial charge on any atom is 0.161 e. The Morgan fingerprint density at radius 2 is 1.90 bits per heavy atom. The average molecular weight is 337 g/mol. The molecule has 1 aromatic carbocycles. The minimum atomic E-state index is 0. The van der Waals surface area contributed by atoms with Gasteiger partial charge in [-0.25, -0.2) is 0 Å². The Bertz CT molecular complexity index is 413. The molecule has 122 valence electrons. The molecule has 0 amide bonds. The number of aromatic hydroxyl groups is 1. The Labute approximate surface area is 139 Å². The van der Waals surface area contributed by atoms with Crippen LogP contribution in [0.15, 0.2) is 18.2 Å². The fraction of sp³-hybridized carbons (Fsp3) is 0.600. The molecule has 2 N–H and O–H groups in total. The Hall–Kier alpha value is -0.680. The zero-order valence-electron chi connectivity index (χ0n) is 12.7. The van der Waals surface area contributed by atoms with Crippen LogP contribution in [0.2, 0.25) is 0 Å². The fourth-order valence-corrected chi connectivity index (χ4v) is 2.71. The van der Waals surface area contributed by atoms with Crippen LogP contribution in [0.1, 0.15) is 31.9 Å². The van der Waals surface area contributed by atoms with Crippen molar-refractivity contribution in [3.05, 3.63) is 23.8 Å². The molecule has 0 aromatic heterocycles. The summed E-state index contributed by atoms with van der Waals surface area (Å²) < 4.78 is 5.48. The average Bonchev–Trinajstić information content (AvgIpc) is 2.44. The highest BCUT2D eigenvalue weighted by Crippen LogP contribution is 2.32. The van der Waals surface area contributed by atoms with Gasteiger partial charge in [0.1, 0.15) is 0 Å². The third-order valence-electron chi connectivity index (χ3n) is 3.65. The number of nitrogens with one attached hydrogen (secondary N) is 1. The van der Waals surface area contributed by atoms with E-state index in [1.807, 2.05) is 19.1 Å². The zero-order chi connectivity index (χ0) is 13.7. The molecule has 0 spiro atoms. The van der Waals surface area contributed by atoms with Crippen LogP contribution in [-0.2, 0) is 0 Å². The van der Waals surface area contributed by atoms with Gasteiger partial charge in [-0.2, -0.15) is 0 Å². The van der Waals surface area contributed by atoms with Gasteiger partial charge in [-0.3, -0.25) is 4.90 Å². The van der Waals surface area contributed by atoms with E-state index in [0.29, 0.717) is 18.4 Å². The summed E-state index contributed by atoms with van der Waals surface area (Å²) in [5, 5.41) is 13.2. The fourth-order valence-electron chi connectivity index (χ4n) is 2.71. The molecule has 1 aliphatic rings. The first kappa shape index (κ1) is 20.3. The van der Waals surface area contributed by atoms with Crippen molar-refractivity contribution in [1.82, 2.24) is 10.2 Å². The van der Waals surface area contributed by atoms with Crippen molar-refractivity contribution in [2.24, 2.45) is 0 Å². The number of phenols is 1. The molecule has 0 unspecified atom stereocenters. The largest absolute Gasteiger partial charge is 0.504 e. The van der Waals surface area contributed by atoms with Gasteiger partial charge >= 0.3 is 0 Å². The van der Waals surface area contributed by atoms with E-state index in [-0.39, 0.29) is 30.6 Å². The van der Waals surface area contributed by atoms with E-state index in [9.17, 15) is 5.11 Å². The van der Waals surface area contributed by atoms with Crippen LogP contribution in [0.5, 0.6) is 11.5 Å². The van der Waals surface area contributed by atoms with Gasteiger partial charge in [-0.1, -0.05) is 13.0 Å². The van der Waals surface area contributed by atoms with E-state index >= 15 is 0 Å². The lowest BCUT2D eigenvalue weighted by molar-refractivity contribution is 0.169. The van der Waals surface area contributed by atoms with Gasteiger partial charge < -0.3 is 15.2 Å². The number of phenolic OH excluding ortho intramolecular Hbond substituents is 1. The van der Waals surface area contributed by atoms with Crippen LogP contribution >= 0.6 is 24.8 Å². The van der Waals surface area contributed by atoms with Crippen LogP contribution in [0.3, 0.4) is 0 Å². The molecular weight excluding hydrogens is 311 g/mol. The number of halogens is 2. The molecule has 1 saturated heterocycles. The standard InChI is InChI=1S/C15H24N2O2.2ClH/c1-3-13(17-9-7-16-8-10-17)12-5-6-14(18)15(11-12)19-4-2;;/h5-6,11,13,16,18H,3-4,7-10H2,1-2H3;2*1H/t13-;;/m0../s1. The summed E-state index contributed by atoms with van der Waals surface area (Å²) in [4.78, 5) is 2.50. The van der Waals surface area contributed by atoms with Gasteiger partial charge in [0.05, 0.1) is 6.61 Å². The lowest BCUT2D eigenvalue weighted by Gasteiger charge is -2.34. The first-order valence-corrected chi connectivity index (χ1v) is 7.16. The molecule has 1 aliphatic heterocycles. The predicted octanol–water partition coefficient (Wildman–Crippen LogP) is 2.99. The van der Waals surface area contributed by atoms with Crippen LogP contribution < -0.4 is 10.1 Å². The van der Waals surface area contributed by atoms with E-state index in [0.717, 1.165) is 32.6 Å². The highest BCUT2D eigenvalue weighted by Gasteiger charge is 2.21. The number of rotatable bonds is 5. The summed E-state index contributed by atoms with van der Waals surface area (Å²) in [7, 11) is 0. The second-order valence-electron chi connectivity index (χ2n) is 4.87. The lowest BCUT2D eigenvalue weighted by Crippen LogP contribution is -2.45. The monoisotopic (exact) mass is 336 g/mol. The summed E-state index contributed by atoms with van der Waals surface area (Å²) in [5.74, 6) is 0.814. The maximum absolute atomic E-state index is 9.78. The molecule has 6 heteroatoms. The third kappa shape index (κ3) is 5.22. The Morgan fingerprint density at radius 3 is 2.48 bits per heavy atom. The molecule has 1 fully saturated rings. The van der Waals surface area contributed by atoms with Crippen LogP contribution in [-0.4, -0.2) is 42.8 Å². The Morgan fingerprint density at radius 1 is 1.24 bits per heavy atom. The van der Waals surface area contributed by atoms with Crippen molar-refractivity contribution in [1.29, 1.82) is 0 Å². The van der Waals surface area contributed by atoms with Crippen molar-refractivity contribution < 1.29 is 9.84 Å². The summed E-state index contributed by atoms with van der Waals surface area (Å²) >= 11 is 0. The van der Waals surface area contributed by atoms with E-state index in [1.54, 1.807) is 6.07 Å². The number of hydrogen-bond donors (Lipinski definition) is 2. The normalized spacial score (nSPS) is 16.5. The minimum absolute atomic E-state index is 0. The second-order valence-corrected chi connectivity index (χ2v) is 4.87. The molecule has 0 saturated carbocycles. The van der Waals surface area contributed by atoms with Crippen molar-refractivity contribution in [2.45, 2.75) is 26.3 Å². The first-order valence-electron chi connectivity index (χ1n) is 7.16. The van der Waals surface area contributed by atoms with Crippen molar-refractivity contribution in [3.63, 3.8) is 0 Å². The summed E-state index contributed by atoms with van der Waals surface area (Å²) in [5.41, 5.74) is 1.23. The third-order valence-corrected chi connectivity index (χ3v) is 3.65. The zero-order valence-corrected chi connectivity index (χ0v) is 14.3. The van der Waals surface area contributed by atoms with E-state index in [1.165, 1.54) is 5.56 Å². The van der Waals surface area contributed by atoms with Gasteiger partial charge in [-0.05, 0) is 31.0 Å². The number of nitrogens with zero attached hydrogens (tertiary/aromatic N) is 1. The number of ether oxygens (including phenoxy) is 1. The predicted molar refractivity (Wildman–Crippen MR) is 91.2 cm³/mol. The summed E-state index contributed by atoms with van der Waals surface area (Å²) in [6.07, 6.45) is 1.07. The second kappa shape index (κ2) is 10.1. The van der Waals surface area contributed by atoms with Crippen LogP contribution in [0, 0.1) is 0 Å². The summed E-state index contributed by atoms with van der Waals surface area (Å²) in [6, 6.07) is 6.13. The lowest BCUT2D eigenvalue weighted by atomic mass is 10.0. The SMILES string of the molecule is CCOc1cc([C@H](CC)N2CCNCC2)ccc1O.Cl.Cl. The van der Waals surface area contributed by atoms with Gasteiger partial charge in [0.15, 0.2) is 11.5 Å². The highest BCUT2D eigenvalue weighted by atomic mass is 35.5. The van der Waals surface area contributed by atoms with Gasteiger partial charge in [0.2, 0.25) is 0 Å². The molecule has 1 atom stereocenters. The quantitative estimate of drug-likeness (QED) is 0.867.